The Labute approximate surface area is 308 Å². The molecule has 0 radical (unpaired) electrons. The Morgan fingerprint density at radius 1 is 1.04 bits per heavy atom. The van der Waals surface area contributed by atoms with Gasteiger partial charge in [-0.05, 0) is 82.6 Å². The van der Waals surface area contributed by atoms with E-state index in [-0.39, 0.29) is 38.4 Å². The number of rotatable bonds is 6. The van der Waals surface area contributed by atoms with Crippen molar-refractivity contribution in [3.8, 4) is 0 Å². The Balaban J connectivity index is 1.24. The van der Waals surface area contributed by atoms with Gasteiger partial charge in [0.15, 0.2) is 0 Å². The van der Waals surface area contributed by atoms with Crippen molar-refractivity contribution in [1.82, 2.24) is 29.9 Å². The number of carbonyl (C=O) groups is 5. The molecule has 4 N–H and O–H groups in total. The normalized spacial score (nSPS) is 28.0. The van der Waals surface area contributed by atoms with Gasteiger partial charge in [0.1, 0.15) is 29.3 Å². The van der Waals surface area contributed by atoms with Crippen LogP contribution < -0.4 is 20.1 Å². The fourth-order valence-electron chi connectivity index (χ4n) is 6.99. The third-order valence-electron chi connectivity index (χ3n) is 9.88. The molecule has 2 saturated carbocycles. The van der Waals surface area contributed by atoms with E-state index in [0.29, 0.717) is 37.3 Å². The molecule has 52 heavy (non-hydrogen) atoms. The van der Waals surface area contributed by atoms with Gasteiger partial charge in [-0.2, -0.15) is 13.1 Å². The summed E-state index contributed by atoms with van der Waals surface area (Å²) in [6.07, 6.45) is 5.82. The first kappa shape index (κ1) is 37.9. The molecule has 17 heteroatoms. The first-order valence-corrected chi connectivity index (χ1v) is 19.7. The van der Waals surface area contributed by atoms with Crippen LogP contribution in [0.5, 0.6) is 0 Å². The fraction of sp³-hybridized carbons (Fsp3) is 0.629. The molecule has 1 saturated heterocycles. The van der Waals surface area contributed by atoms with Crippen LogP contribution in [-0.4, -0.2) is 90.0 Å². The molecule has 0 bridgehead atoms. The zero-order valence-corrected chi connectivity index (χ0v) is 31.2. The van der Waals surface area contributed by atoms with Gasteiger partial charge in [0.05, 0.1) is 6.54 Å². The van der Waals surface area contributed by atoms with Crippen molar-refractivity contribution in [2.24, 2.45) is 5.92 Å². The van der Waals surface area contributed by atoms with E-state index in [1.165, 1.54) is 9.80 Å². The molecule has 284 valence electrons. The molecule has 3 heterocycles. The van der Waals surface area contributed by atoms with Crippen molar-refractivity contribution in [2.75, 3.05) is 6.54 Å². The van der Waals surface area contributed by atoms with Crippen LogP contribution in [0, 0.1) is 5.92 Å². The van der Waals surface area contributed by atoms with Crippen molar-refractivity contribution in [1.29, 1.82) is 0 Å². The summed E-state index contributed by atoms with van der Waals surface area (Å²) in [6, 6.07) is 2.88. The van der Waals surface area contributed by atoms with Crippen LogP contribution in [0.2, 0.25) is 5.02 Å². The third kappa shape index (κ3) is 9.18. The molecule has 0 spiro atoms. The van der Waals surface area contributed by atoms with Crippen molar-refractivity contribution >= 4 is 51.7 Å². The highest BCUT2D eigenvalue weighted by Gasteiger charge is 2.62. The van der Waals surface area contributed by atoms with Crippen LogP contribution >= 0.6 is 11.6 Å². The van der Waals surface area contributed by atoms with Crippen LogP contribution in [0.4, 0.5) is 9.59 Å². The molecule has 3 fully saturated rings. The number of amides is 5. The average Bonchev–Trinajstić information content (AvgIpc) is 3.89. The number of nitrogens with one attached hydrogen (secondary N) is 4. The smallest absolute Gasteiger partial charge is 0.410 e. The molecular weight excluding hydrogens is 716 g/mol. The number of alkyl carbamates (subject to hydrolysis) is 1. The molecular formula is C35H47ClN6O9S. The first-order valence-electron chi connectivity index (χ1n) is 17.9. The Morgan fingerprint density at radius 2 is 1.79 bits per heavy atom. The van der Waals surface area contributed by atoms with Gasteiger partial charge in [-0.1, -0.05) is 42.7 Å². The lowest BCUT2D eigenvalue weighted by atomic mass is 10.0. The number of ether oxygens (including phenoxy) is 2. The second-order valence-electron chi connectivity index (χ2n) is 15.4. The van der Waals surface area contributed by atoms with Crippen molar-refractivity contribution in [3.63, 3.8) is 0 Å². The molecule has 0 aromatic heterocycles. The van der Waals surface area contributed by atoms with E-state index in [9.17, 15) is 32.4 Å². The molecule has 0 unspecified atom stereocenters. The van der Waals surface area contributed by atoms with Crippen molar-refractivity contribution in [2.45, 2.75) is 127 Å². The third-order valence-corrected chi connectivity index (χ3v) is 11.2. The number of fused-ring (bicyclic) bond motifs is 3. The maximum absolute atomic E-state index is 14.3. The summed E-state index contributed by atoms with van der Waals surface area (Å²) in [5.74, 6) is -2.64. The number of hydrogen-bond acceptors (Lipinski definition) is 9. The second kappa shape index (κ2) is 14.9. The van der Waals surface area contributed by atoms with Gasteiger partial charge >= 0.3 is 22.4 Å². The number of carbonyl (C=O) groups excluding carboxylic acids is 5. The van der Waals surface area contributed by atoms with E-state index in [1.54, 1.807) is 32.9 Å². The molecule has 2 aliphatic carbocycles. The maximum Gasteiger partial charge on any atom is 0.410 e. The van der Waals surface area contributed by atoms with Gasteiger partial charge < -0.3 is 25.0 Å². The van der Waals surface area contributed by atoms with Gasteiger partial charge in [0.2, 0.25) is 11.8 Å². The SMILES string of the molecule is CC(C)(C)OC(=O)N[C@H]1CCCCCC=C[C@@H]2C[C@@]2(C(=O)NS(=O)(=O)NC2CC2)NC(=O)[C@@H]2C[C@@H](OC(=O)N3Cc4ccc(Cl)cc4C3)CN2C1=O. The predicted octanol–water partition coefficient (Wildman–Crippen LogP) is 3.16. The molecule has 15 nitrogen and oxygen atoms in total. The number of benzene rings is 1. The lowest BCUT2D eigenvalue weighted by Crippen LogP contribution is -2.59. The summed E-state index contributed by atoms with van der Waals surface area (Å²) < 4.78 is 41.3. The molecule has 3 aliphatic heterocycles. The summed E-state index contributed by atoms with van der Waals surface area (Å²) in [5.41, 5.74) is -0.587. The van der Waals surface area contributed by atoms with Gasteiger partial charge in [-0.15, -0.1) is 0 Å². The van der Waals surface area contributed by atoms with Crippen LogP contribution in [0.25, 0.3) is 0 Å². The molecule has 5 atom stereocenters. The number of halogens is 1. The van der Waals surface area contributed by atoms with Crippen molar-refractivity contribution in [3.05, 3.63) is 46.5 Å². The first-order chi connectivity index (χ1) is 24.5. The van der Waals surface area contributed by atoms with E-state index in [0.717, 1.165) is 24.0 Å². The topological polar surface area (TPSA) is 193 Å². The number of allylic oxidation sites excluding steroid dienone is 1. The largest absolute Gasteiger partial charge is 0.444 e. The van der Waals surface area contributed by atoms with Crippen LogP contribution in [0.15, 0.2) is 30.4 Å². The van der Waals surface area contributed by atoms with E-state index in [4.69, 9.17) is 21.1 Å². The van der Waals surface area contributed by atoms with Gasteiger partial charge in [-0.3, -0.25) is 19.3 Å². The minimum absolute atomic E-state index is 0.0885. The van der Waals surface area contributed by atoms with E-state index >= 15 is 0 Å². The Bertz CT molecular complexity index is 1750. The van der Waals surface area contributed by atoms with Gasteiger partial charge in [-0.25, -0.2) is 14.3 Å². The Hall–Kier alpha value is -3.89. The average molecular weight is 763 g/mol. The van der Waals surface area contributed by atoms with E-state index < -0.39 is 75.4 Å². The lowest BCUT2D eigenvalue weighted by molar-refractivity contribution is -0.141. The standard InChI is InChI=1S/C35H47ClN6O9S/c1-34(2,3)51-32(46)37-27-10-8-6-4-5-7-9-23-17-35(23,31(45)40-52(48,49)39-25-13-14-25)38-29(43)28-16-26(20-42(28)30(27)44)50-33(47)41-18-21-11-12-24(36)15-22(21)19-41/h7,9,11-12,15,23,25-28,39H,4-6,8,10,13-14,16-20H2,1-3H3,(H,37,46)(H,38,43)(H,40,45)/t23-,26-,27+,28+,35-/m1/s1. The fourth-order valence-corrected chi connectivity index (χ4v) is 8.34. The Morgan fingerprint density at radius 3 is 2.52 bits per heavy atom. The summed E-state index contributed by atoms with van der Waals surface area (Å²) in [6.45, 7) is 5.55. The zero-order valence-electron chi connectivity index (χ0n) is 29.6. The Kier molecular flexibility index (Phi) is 10.8. The number of hydrogen-bond donors (Lipinski definition) is 4. The summed E-state index contributed by atoms with van der Waals surface area (Å²) in [7, 11) is -4.18. The van der Waals surface area contributed by atoms with Gasteiger partial charge in [0, 0.05) is 36.5 Å². The van der Waals surface area contributed by atoms with Crippen LogP contribution in [0.3, 0.4) is 0 Å². The highest BCUT2D eigenvalue weighted by atomic mass is 35.5. The monoisotopic (exact) mass is 762 g/mol. The van der Waals surface area contributed by atoms with Crippen molar-refractivity contribution < 1.29 is 41.9 Å². The van der Waals surface area contributed by atoms with Gasteiger partial charge in [0.25, 0.3) is 5.91 Å². The summed E-state index contributed by atoms with van der Waals surface area (Å²) in [4.78, 5) is 71.2. The van der Waals surface area contributed by atoms with E-state index in [1.807, 2.05) is 18.2 Å². The highest BCUT2D eigenvalue weighted by Crippen LogP contribution is 2.46. The molecule has 6 rings (SSSR count). The van der Waals surface area contributed by atoms with Crippen LogP contribution in [-0.2, 0) is 47.2 Å². The van der Waals surface area contributed by atoms with Crippen LogP contribution in [0.1, 0.15) is 89.7 Å². The maximum atomic E-state index is 14.3. The lowest BCUT2D eigenvalue weighted by Gasteiger charge is -2.30. The number of nitrogens with zero attached hydrogens (tertiary/aromatic N) is 2. The molecule has 5 amide bonds. The quantitative estimate of drug-likeness (QED) is 0.315. The molecule has 5 aliphatic rings. The zero-order chi connectivity index (χ0) is 37.4. The summed E-state index contributed by atoms with van der Waals surface area (Å²) in [5, 5.41) is 6.02. The molecule has 1 aromatic carbocycles. The highest BCUT2D eigenvalue weighted by molar-refractivity contribution is 7.88. The predicted molar refractivity (Wildman–Crippen MR) is 189 cm³/mol. The second-order valence-corrected chi connectivity index (χ2v) is 17.3. The molecule has 1 aromatic rings. The minimum atomic E-state index is -4.18. The minimum Gasteiger partial charge on any atom is -0.444 e. The van der Waals surface area contributed by atoms with E-state index in [2.05, 4.69) is 20.1 Å². The summed E-state index contributed by atoms with van der Waals surface area (Å²) >= 11 is 6.15.